The topological polar surface area (TPSA) is 68.3 Å². The Kier molecular flexibility index (Phi) is 6.44. The maximum absolute atomic E-state index is 13.8. The zero-order chi connectivity index (χ0) is 21.0. The number of carbonyl (C=O) groups is 2. The molecule has 0 aliphatic carbocycles. The van der Waals surface area contributed by atoms with Gasteiger partial charge in [-0.3, -0.25) is 4.79 Å². The van der Waals surface area contributed by atoms with Gasteiger partial charge in [0.15, 0.2) is 0 Å². The second-order valence-electron chi connectivity index (χ2n) is 6.91. The molecule has 0 aliphatic rings. The number of esters is 1. The summed E-state index contributed by atoms with van der Waals surface area (Å²) in [5.74, 6) is -2.23. The van der Waals surface area contributed by atoms with Crippen LogP contribution in [-0.4, -0.2) is 22.9 Å². The van der Waals surface area contributed by atoms with Crippen molar-refractivity contribution in [3.63, 3.8) is 0 Å². The number of aromatic nitrogens is 1. The Bertz CT molecular complexity index is 1060. The summed E-state index contributed by atoms with van der Waals surface area (Å²) in [6.45, 7) is 3.44. The maximum atomic E-state index is 13.8. The minimum Gasteiger partial charge on any atom is -0.459 e. The summed E-state index contributed by atoms with van der Waals surface area (Å²) in [5.41, 5.74) is 1.17. The number of benzene rings is 2. The fourth-order valence-electron chi connectivity index (χ4n) is 2.84. The lowest BCUT2D eigenvalue weighted by atomic mass is 10.0. The maximum Gasteiger partial charge on any atom is 0.329 e. The lowest BCUT2D eigenvalue weighted by Crippen LogP contribution is -2.45. The molecule has 3 rings (SSSR count). The second kappa shape index (κ2) is 9.01. The summed E-state index contributed by atoms with van der Waals surface area (Å²) < 4.78 is 19.2. The Hall–Kier alpha value is -2.99. The lowest BCUT2D eigenvalue weighted by molar-refractivity contribution is -0.148. The predicted octanol–water partition coefficient (Wildman–Crippen LogP) is 4.53. The van der Waals surface area contributed by atoms with Crippen molar-refractivity contribution in [3.05, 3.63) is 76.7 Å². The second-order valence-corrected chi connectivity index (χ2v) is 7.27. The quantitative estimate of drug-likeness (QED) is 0.475. The molecule has 1 aromatic heterocycles. The van der Waals surface area contributed by atoms with Crippen molar-refractivity contribution in [2.75, 3.05) is 0 Å². The van der Waals surface area contributed by atoms with Gasteiger partial charge < -0.3 is 10.1 Å². The van der Waals surface area contributed by atoms with Gasteiger partial charge in [-0.05, 0) is 30.2 Å². The molecular formula is C22H20ClFN2O3. The summed E-state index contributed by atoms with van der Waals surface area (Å²) >= 11 is 6.20. The number of fused-ring (bicyclic) bond motifs is 1. The Labute approximate surface area is 172 Å². The first-order valence-corrected chi connectivity index (χ1v) is 9.51. The van der Waals surface area contributed by atoms with Crippen LogP contribution in [-0.2, 0) is 16.1 Å². The van der Waals surface area contributed by atoms with E-state index in [1.807, 2.05) is 24.3 Å². The van der Waals surface area contributed by atoms with Gasteiger partial charge in [-0.25, -0.2) is 14.2 Å². The molecule has 0 saturated carbocycles. The number of hydrogen-bond acceptors (Lipinski definition) is 4. The van der Waals surface area contributed by atoms with Crippen LogP contribution in [0.1, 0.15) is 29.8 Å². The minimum absolute atomic E-state index is 0.0890. The molecule has 7 heteroatoms. The van der Waals surface area contributed by atoms with Crippen LogP contribution >= 0.6 is 11.6 Å². The van der Waals surface area contributed by atoms with Crippen LogP contribution in [0.5, 0.6) is 0 Å². The highest BCUT2D eigenvalue weighted by atomic mass is 35.5. The number of carbonyl (C=O) groups excluding carboxylic acids is 2. The Morgan fingerprint density at radius 1 is 1.14 bits per heavy atom. The van der Waals surface area contributed by atoms with Gasteiger partial charge in [-0.15, -0.1) is 0 Å². The van der Waals surface area contributed by atoms with Crippen molar-refractivity contribution in [1.82, 2.24) is 10.3 Å². The molecule has 0 saturated heterocycles. The lowest BCUT2D eigenvalue weighted by Gasteiger charge is -2.21. The molecule has 3 aromatic rings. The molecule has 150 valence electrons. The van der Waals surface area contributed by atoms with Gasteiger partial charge in [0, 0.05) is 10.9 Å². The van der Waals surface area contributed by atoms with Crippen molar-refractivity contribution in [2.45, 2.75) is 26.5 Å². The van der Waals surface area contributed by atoms with Gasteiger partial charge >= 0.3 is 5.97 Å². The van der Waals surface area contributed by atoms with Gasteiger partial charge in [0.05, 0.1) is 11.1 Å². The van der Waals surface area contributed by atoms with E-state index >= 15 is 0 Å². The van der Waals surface area contributed by atoms with Crippen LogP contribution in [0.2, 0.25) is 5.15 Å². The van der Waals surface area contributed by atoms with Crippen LogP contribution in [0.25, 0.3) is 10.9 Å². The molecule has 29 heavy (non-hydrogen) atoms. The number of para-hydroxylation sites is 1. The molecule has 1 heterocycles. The summed E-state index contributed by atoms with van der Waals surface area (Å²) in [4.78, 5) is 29.3. The van der Waals surface area contributed by atoms with Gasteiger partial charge in [0.2, 0.25) is 0 Å². The molecule has 0 bridgehead atoms. The molecule has 1 N–H and O–H groups in total. The molecule has 0 radical (unpaired) electrons. The van der Waals surface area contributed by atoms with E-state index in [4.69, 9.17) is 16.3 Å². The van der Waals surface area contributed by atoms with Crippen LogP contribution in [0.15, 0.2) is 54.6 Å². The molecular weight excluding hydrogens is 395 g/mol. The fourth-order valence-corrected chi connectivity index (χ4v) is 3.04. The number of nitrogens with zero attached hydrogens (tertiary/aromatic N) is 1. The first-order valence-electron chi connectivity index (χ1n) is 9.13. The third-order valence-electron chi connectivity index (χ3n) is 4.45. The van der Waals surface area contributed by atoms with E-state index in [0.717, 1.165) is 10.9 Å². The first-order chi connectivity index (χ1) is 13.9. The number of rotatable bonds is 6. The first kappa shape index (κ1) is 20.7. The zero-order valence-electron chi connectivity index (χ0n) is 16.0. The van der Waals surface area contributed by atoms with Crippen molar-refractivity contribution >= 4 is 34.4 Å². The normalized spacial score (nSPS) is 12.0. The van der Waals surface area contributed by atoms with Crippen LogP contribution in [0.4, 0.5) is 4.39 Å². The number of nitrogens with one attached hydrogen (secondary N) is 1. The van der Waals surface area contributed by atoms with Gasteiger partial charge in [0.25, 0.3) is 5.91 Å². The van der Waals surface area contributed by atoms with Crippen molar-refractivity contribution in [1.29, 1.82) is 0 Å². The molecule has 5 nitrogen and oxygen atoms in total. The van der Waals surface area contributed by atoms with E-state index in [1.54, 1.807) is 26.0 Å². The van der Waals surface area contributed by atoms with Gasteiger partial charge in [-0.1, -0.05) is 55.8 Å². The third kappa shape index (κ3) is 4.90. The molecule has 1 atom stereocenters. The monoisotopic (exact) mass is 414 g/mol. The highest BCUT2D eigenvalue weighted by Gasteiger charge is 2.27. The highest BCUT2D eigenvalue weighted by molar-refractivity contribution is 6.30. The Morgan fingerprint density at radius 2 is 1.83 bits per heavy atom. The smallest absolute Gasteiger partial charge is 0.329 e. The van der Waals surface area contributed by atoms with Crippen LogP contribution < -0.4 is 5.32 Å². The number of ether oxygens (including phenoxy) is 1. The average Bonchev–Trinajstić information content (AvgIpc) is 2.70. The zero-order valence-corrected chi connectivity index (χ0v) is 16.7. The van der Waals surface area contributed by atoms with E-state index in [9.17, 15) is 14.0 Å². The van der Waals surface area contributed by atoms with E-state index < -0.39 is 23.7 Å². The molecule has 0 aliphatic heterocycles. The number of hydrogen-bond donors (Lipinski definition) is 1. The molecule has 2 aromatic carbocycles. The molecule has 0 fully saturated rings. The summed E-state index contributed by atoms with van der Waals surface area (Å²) in [6.07, 6.45) is 0. The highest BCUT2D eigenvalue weighted by Crippen LogP contribution is 2.21. The third-order valence-corrected chi connectivity index (χ3v) is 4.77. The number of pyridine rings is 1. The van der Waals surface area contributed by atoms with Crippen molar-refractivity contribution in [2.24, 2.45) is 5.92 Å². The minimum atomic E-state index is -0.936. The summed E-state index contributed by atoms with van der Waals surface area (Å²) in [6, 6.07) is 13.9. The summed E-state index contributed by atoms with van der Waals surface area (Å²) in [7, 11) is 0. The fraction of sp³-hybridized carbons (Fsp3) is 0.227. The number of amides is 1. The SMILES string of the molecule is CC(C)[C@H](NC(=O)c1ccccc1F)C(=O)OCc1cc2ccccc2nc1Cl. The average molecular weight is 415 g/mol. The van der Waals surface area contributed by atoms with Crippen LogP contribution in [0, 0.1) is 11.7 Å². The van der Waals surface area contributed by atoms with Gasteiger partial charge in [0.1, 0.15) is 23.6 Å². The molecule has 0 spiro atoms. The van der Waals surface area contributed by atoms with Crippen molar-refractivity contribution in [3.8, 4) is 0 Å². The van der Waals surface area contributed by atoms with E-state index in [1.165, 1.54) is 18.2 Å². The van der Waals surface area contributed by atoms with Crippen molar-refractivity contribution < 1.29 is 18.7 Å². The molecule has 0 unspecified atom stereocenters. The number of halogens is 2. The largest absolute Gasteiger partial charge is 0.459 e. The van der Waals surface area contributed by atoms with Crippen LogP contribution in [0.3, 0.4) is 0 Å². The summed E-state index contributed by atoms with van der Waals surface area (Å²) in [5, 5.41) is 3.67. The predicted molar refractivity (Wildman–Crippen MR) is 109 cm³/mol. The standard InChI is InChI=1S/C22H20ClFN2O3/c1-13(2)19(26-21(27)16-8-4-5-9-17(16)24)22(28)29-12-15-11-14-7-3-6-10-18(14)25-20(15)23/h3-11,13,19H,12H2,1-2H3,(H,26,27)/t19-/m0/s1. The molecule has 1 amide bonds. The van der Waals surface area contributed by atoms with E-state index in [-0.39, 0.29) is 23.2 Å². The Morgan fingerprint density at radius 3 is 2.55 bits per heavy atom. The Balaban J connectivity index is 1.71. The van der Waals surface area contributed by atoms with E-state index in [0.29, 0.717) is 5.56 Å². The van der Waals surface area contributed by atoms with E-state index in [2.05, 4.69) is 10.3 Å². The van der Waals surface area contributed by atoms with Gasteiger partial charge in [-0.2, -0.15) is 0 Å².